The van der Waals surface area contributed by atoms with E-state index in [1.165, 1.54) is 18.2 Å². The number of nitrogens with one attached hydrogen (secondary N) is 2. The zero-order valence-corrected chi connectivity index (χ0v) is 12.8. The number of carbonyl (C=O) groups excluding carboxylic acids is 1. The van der Waals surface area contributed by atoms with Crippen LogP contribution in [-0.2, 0) is 0 Å². The highest BCUT2D eigenvalue weighted by Gasteiger charge is 2.14. The van der Waals surface area contributed by atoms with Gasteiger partial charge in [-0.15, -0.1) is 0 Å². The van der Waals surface area contributed by atoms with E-state index >= 15 is 0 Å². The van der Waals surface area contributed by atoms with Crippen molar-refractivity contribution in [3.63, 3.8) is 0 Å². The Bertz CT molecular complexity index is 731. The number of nitrogens with zero attached hydrogens (tertiary/aromatic N) is 1. The van der Waals surface area contributed by atoms with Gasteiger partial charge in [-0.05, 0) is 31.5 Å². The Kier molecular flexibility index (Phi) is 5.14. The van der Waals surface area contributed by atoms with Gasteiger partial charge in [0, 0.05) is 6.07 Å². The molecule has 0 spiro atoms. The minimum Gasteiger partial charge on any atom is -0.473 e. The summed E-state index contributed by atoms with van der Waals surface area (Å²) in [4.78, 5) is 22.1. The fourth-order valence-corrected chi connectivity index (χ4v) is 2.05. The fraction of sp³-hybridized carbons (Fsp3) is 0.188. The molecule has 0 radical (unpaired) electrons. The number of carbonyl (C=O) groups is 1. The normalized spacial score (nSPS) is 10.0. The van der Waals surface area contributed by atoms with Gasteiger partial charge in [0.05, 0.1) is 4.92 Å². The lowest BCUT2D eigenvalue weighted by Gasteiger charge is -2.11. The van der Waals surface area contributed by atoms with Gasteiger partial charge in [0.25, 0.3) is 5.69 Å². The third kappa shape index (κ3) is 4.44. The summed E-state index contributed by atoms with van der Waals surface area (Å²) in [6.45, 7) is 3.85. The molecule has 2 rings (SSSR count). The van der Waals surface area contributed by atoms with E-state index in [0.717, 1.165) is 11.1 Å². The van der Waals surface area contributed by atoms with Gasteiger partial charge in [0.1, 0.15) is 11.4 Å². The van der Waals surface area contributed by atoms with Crippen LogP contribution >= 0.6 is 0 Å². The molecule has 120 valence electrons. The molecule has 0 aliphatic heterocycles. The number of nitro groups is 1. The molecule has 2 aromatic carbocycles. The second-order valence-electron chi connectivity index (χ2n) is 4.96. The predicted octanol–water partition coefficient (Wildman–Crippen LogP) is 3.37. The molecule has 0 atom stereocenters. The summed E-state index contributed by atoms with van der Waals surface area (Å²) in [5, 5.41) is 15.8. The molecule has 0 aliphatic rings. The topological polar surface area (TPSA) is 93.5 Å². The molecule has 2 aromatic rings. The van der Waals surface area contributed by atoms with Crippen LogP contribution in [0.5, 0.6) is 5.75 Å². The molecule has 0 heterocycles. The summed E-state index contributed by atoms with van der Waals surface area (Å²) in [6, 6.07) is 11.1. The van der Waals surface area contributed by atoms with E-state index in [-0.39, 0.29) is 18.1 Å². The highest BCUT2D eigenvalue weighted by molar-refractivity contribution is 5.91. The highest BCUT2D eigenvalue weighted by atomic mass is 16.6. The standard InChI is InChI=1S/C16H17N3O4/c1-11-7-8-15(12(2)9-11)23-10-17-16(20)18-13-5-3-4-6-14(13)19(21)22/h3-9H,10H2,1-2H3,(H2,17,18,20). The SMILES string of the molecule is Cc1ccc(OCNC(=O)Nc2ccccc2[N+](=O)[O-])c(C)c1. The fourth-order valence-electron chi connectivity index (χ4n) is 2.05. The van der Waals surface area contributed by atoms with Crippen LogP contribution in [0.1, 0.15) is 11.1 Å². The first-order valence-corrected chi connectivity index (χ1v) is 6.95. The zero-order chi connectivity index (χ0) is 16.8. The molecular formula is C16H17N3O4. The molecular weight excluding hydrogens is 298 g/mol. The van der Waals surface area contributed by atoms with Crippen LogP contribution < -0.4 is 15.4 Å². The number of benzene rings is 2. The molecule has 2 amide bonds. The van der Waals surface area contributed by atoms with E-state index in [0.29, 0.717) is 5.75 Å². The first-order valence-electron chi connectivity index (χ1n) is 6.95. The highest BCUT2D eigenvalue weighted by Crippen LogP contribution is 2.23. The lowest BCUT2D eigenvalue weighted by molar-refractivity contribution is -0.383. The van der Waals surface area contributed by atoms with Gasteiger partial charge in [0.15, 0.2) is 6.73 Å². The Labute approximate surface area is 133 Å². The summed E-state index contributed by atoms with van der Waals surface area (Å²) in [7, 11) is 0. The van der Waals surface area contributed by atoms with E-state index in [9.17, 15) is 14.9 Å². The summed E-state index contributed by atoms with van der Waals surface area (Å²) < 4.78 is 5.47. The molecule has 0 aromatic heterocycles. The Morgan fingerprint density at radius 1 is 1.22 bits per heavy atom. The number of urea groups is 1. The first-order chi connectivity index (χ1) is 11.0. The van der Waals surface area contributed by atoms with Crippen LogP contribution in [0, 0.1) is 24.0 Å². The molecule has 2 N–H and O–H groups in total. The van der Waals surface area contributed by atoms with E-state index in [1.54, 1.807) is 6.07 Å². The van der Waals surface area contributed by atoms with Crippen LogP contribution in [0.3, 0.4) is 0 Å². The Morgan fingerprint density at radius 3 is 2.65 bits per heavy atom. The number of amides is 2. The average molecular weight is 315 g/mol. The average Bonchev–Trinajstić information content (AvgIpc) is 2.50. The van der Waals surface area contributed by atoms with Gasteiger partial charge < -0.3 is 15.4 Å². The van der Waals surface area contributed by atoms with Gasteiger partial charge in [0.2, 0.25) is 0 Å². The van der Waals surface area contributed by atoms with Crippen LogP contribution in [0.15, 0.2) is 42.5 Å². The second-order valence-corrected chi connectivity index (χ2v) is 4.96. The Morgan fingerprint density at radius 2 is 1.96 bits per heavy atom. The second kappa shape index (κ2) is 7.26. The van der Waals surface area contributed by atoms with Crippen molar-refractivity contribution in [2.45, 2.75) is 13.8 Å². The third-order valence-corrected chi connectivity index (χ3v) is 3.14. The van der Waals surface area contributed by atoms with Crippen molar-refractivity contribution in [2.24, 2.45) is 0 Å². The summed E-state index contributed by atoms with van der Waals surface area (Å²) in [6.07, 6.45) is 0. The summed E-state index contributed by atoms with van der Waals surface area (Å²) in [5.41, 5.74) is 2.04. The molecule has 0 bridgehead atoms. The van der Waals surface area contributed by atoms with Crippen molar-refractivity contribution in [3.05, 3.63) is 63.7 Å². The van der Waals surface area contributed by atoms with Crippen molar-refractivity contribution >= 4 is 17.4 Å². The van der Waals surface area contributed by atoms with E-state index in [4.69, 9.17) is 4.74 Å². The molecule has 23 heavy (non-hydrogen) atoms. The molecule has 0 saturated carbocycles. The maximum atomic E-state index is 11.8. The minimum absolute atomic E-state index is 0.0453. The molecule has 7 heteroatoms. The first kappa shape index (κ1) is 16.3. The number of ether oxygens (including phenoxy) is 1. The van der Waals surface area contributed by atoms with Crippen molar-refractivity contribution < 1.29 is 14.5 Å². The molecule has 0 fully saturated rings. The largest absolute Gasteiger partial charge is 0.473 e. The van der Waals surface area contributed by atoms with Gasteiger partial charge in [-0.2, -0.15) is 0 Å². The van der Waals surface area contributed by atoms with Gasteiger partial charge in [-0.1, -0.05) is 29.8 Å². The van der Waals surface area contributed by atoms with Crippen LogP contribution in [0.25, 0.3) is 0 Å². The molecule has 0 aliphatic carbocycles. The van der Waals surface area contributed by atoms with Gasteiger partial charge in [-0.3, -0.25) is 10.1 Å². The molecule has 7 nitrogen and oxygen atoms in total. The van der Waals surface area contributed by atoms with E-state index in [1.807, 2.05) is 32.0 Å². The Balaban J connectivity index is 1.90. The van der Waals surface area contributed by atoms with Crippen molar-refractivity contribution in [2.75, 3.05) is 12.0 Å². The van der Waals surface area contributed by atoms with E-state index in [2.05, 4.69) is 10.6 Å². The lowest BCUT2D eigenvalue weighted by Crippen LogP contribution is -2.32. The van der Waals surface area contributed by atoms with Gasteiger partial charge in [-0.25, -0.2) is 4.79 Å². The monoisotopic (exact) mass is 315 g/mol. The summed E-state index contributed by atoms with van der Waals surface area (Å²) >= 11 is 0. The maximum absolute atomic E-state index is 11.8. The minimum atomic E-state index is -0.580. The number of anilines is 1. The quantitative estimate of drug-likeness (QED) is 0.502. The number of para-hydroxylation sites is 2. The van der Waals surface area contributed by atoms with Crippen molar-refractivity contribution in [3.8, 4) is 5.75 Å². The van der Waals surface area contributed by atoms with Crippen LogP contribution in [-0.4, -0.2) is 17.7 Å². The molecule has 0 saturated heterocycles. The number of nitro benzene ring substituents is 1. The van der Waals surface area contributed by atoms with Crippen LogP contribution in [0.4, 0.5) is 16.2 Å². The Hall–Kier alpha value is -3.09. The molecule has 0 unspecified atom stereocenters. The number of rotatable bonds is 5. The maximum Gasteiger partial charge on any atom is 0.322 e. The summed E-state index contributed by atoms with van der Waals surface area (Å²) in [5.74, 6) is 0.668. The smallest absolute Gasteiger partial charge is 0.322 e. The predicted molar refractivity (Wildman–Crippen MR) is 86.7 cm³/mol. The zero-order valence-electron chi connectivity index (χ0n) is 12.8. The lowest BCUT2D eigenvalue weighted by atomic mass is 10.1. The van der Waals surface area contributed by atoms with Gasteiger partial charge >= 0.3 is 6.03 Å². The van der Waals surface area contributed by atoms with Crippen molar-refractivity contribution in [1.82, 2.24) is 5.32 Å². The number of aryl methyl sites for hydroxylation is 2. The van der Waals surface area contributed by atoms with Crippen molar-refractivity contribution in [1.29, 1.82) is 0 Å². The number of hydrogen-bond donors (Lipinski definition) is 2. The number of hydrogen-bond acceptors (Lipinski definition) is 4. The van der Waals surface area contributed by atoms with E-state index < -0.39 is 11.0 Å². The van der Waals surface area contributed by atoms with Crippen LogP contribution in [0.2, 0.25) is 0 Å². The third-order valence-electron chi connectivity index (χ3n) is 3.14.